The molecule has 0 bridgehead atoms. The van der Waals surface area contributed by atoms with Gasteiger partial charge in [-0.05, 0) is 25.0 Å². The summed E-state index contributed by atoms with van der Waals surface area (Å²) in [6.45, 7) is 2.79. The van der Waals surface area contributed by atoms with Crippen LogP contribution in [-0.4, -0.2) is 44.3 Å². The van der Waals surface area contributed by atoms with Gasteiger partial charge in [-0.25, -0.2) is 18.4 Å². The quantitative estimate of drug-likeness (QED) is 0.859. The lowest BCUT2D eigenvalue weighted by Gasteiger charge is -2.12. The molecule has 23 heavy (non-hydrogen) atoms. The Balaban J connectivity index is 1.60. The summed E-state index contributed by atoms with van der Waals surface area (Å²) in [7, 11) is -3.28. The first kappa shape index (κ1) is 16.2. The Kier molecular flexibility index (Phi) is 4.82. The van der Waals surface area contributed by atoms with Crippen LogP contribution >= 0.6 is 11.3 Å². The van der Waals surface area contributed by atoms with Gasteiger partial charge in [0.15, 0.2) is 15.0 Å². The van der Waals surface area contributed by atoms with Crippen molar-refractivity contribution in [2.45, 2.75) is 24.2 Å². The molecule has 1 N–H and O–H groups in total. The SMILES string of the molecule is CS(=O)(=O)c1cccnc1NCCc1csc(N2CCCC2)n1. The zero-order chi connectivity index (χ0) is 16.3. The third-order valence-electron chi connectivity index (χ3n) is 3.76. The number of sulfone groups is 1. The van der Waals surface area contributed by atoms with Crippen LogP contribution in [0.4, 0.5) is 10.9 Å². The van der Waals surface area contributed by atoms with E-state index >= 15 is 0 Å². The van der Waals surface area contributed by atoms with Crippen molar-refractivity contribution >= 4 is 32.1 Å². The van der Waals surface area contributed by atoms with Crippen molar-refractivity contribution < 1.29 is 8.42 Å². The summed E-state index contributed by atoms with van der Waals surface area (Å²) in [5, 5.41) is 6.27. The Bertz CT molecular complexity index is 767. The van der Waals surface area contributed by atoms with E-state index in [-0.39, 0.29) is 4.90 Å². The van der Waals surface area contributed by atoms with E-state index in [1.807, 2.05) is 0 Å². The highest BCUT2D eigenvalue weighted by atomic mass is 32.2. The van der Waals surface area contributed by atoms with Gasteiger partial charge in [0.1, 0.15) is 10.7 Å². The second-order valence-corrected chi connectivity index (χ2v) is 8.44. The fraction of sp³-hybridized carbons (Fsp3) is 0.467. The summed E-state index contributed by atoms with van der Waals surface area (Å²) in [6.07, 6.45) is 6.00. The van der Waals surface area contributed by atoms with Gasteiger partial charge in [-0.3, -0.25) is 0 Å². The van der Waals surface area contributed by atoms with Crippen LogP contribution in [0, 0.1) is 0 Å². The third-order valence-corrected chi connectivity index (χ3v) is 5.84. The number of nitrogens with zero attached hydrogens (tertiary/aromatic N) is 3. The van der Waals surface area contributed by atoms with E-state index in [1.54, 1.807) is 29.7 Å². The molecule has 0 amide bonds. The molecule has 2 aromatic rings. The number of pyridine rings is 1. The summed E-state index contributed by atoms with van der Waals surface area (Å²) < 4.78 is 23.5. The highest BCUT2D eigenvalue weighted by molar-refractivity contribution is 7.90. The van der Waals surface area contributed by atoms with Gasteiger partial charge < -0.3 is 10.2 Å². The van der Waals surface area contributed by atoms with E-state index in [0.717, 1.165) is 30.3 Å². The molecule has 1 aliphatic rings. The zero-order valence-corrected chi connectivity index (χ0v) is 14.7. The molecule has 8 heteroatoms. The highest BCUT2D eigenvalue weighted by Crippen LogP contribution is 2.24. The maximum Gasteiger partial charge on any atom is 0.185 e. The van der Waals surface area contributed by atoms with Crippen LogP contribution in [-0.2, 0) is 16.3 Å². The van der Waals surface area contributed by atoms with Gasteiger partial charge in [0.25, 0.3) is 0 Å². The van der Waals surface area contributed by atoms with Gasteiger partial charge >= 0.3 is 0 Å². The van der Waals surface area contributed by atoms with Gasteiger partial charge in [0.05, 0.1) is 5.69 Å². The highest BCUT2D eigenvalue weighted by Gasteiger charge is 2.16. The van der Waals surface area contributed by atoms with Crippen molar-refractivity contribution in [1.82, 2.24) is 9.97 Å². The average molecular weight is 352 g/mol. The maximum absolute atomic E-state index is 11.7. The van der Waals surface area contributed by atoms with Gasteiger partial charge in [-0.1, -0.05) is 0 Å². The number of hydrogen-bond acceptors (Lipinski definition) is 7. The number of thiazole rings is 1. The first-order valence-corrected chi connectivity index (χ1v) is 10.4. The lowest BCUT2D eigenvalue weighted by atomic mass is 10.3. The van der Waals surface area contributed by atoms with E-state index in [9.17, 15) is 8.42 Å². The summed E-state index contributed by atoms with van der Waals surface area (Å²) in [5.41, 5.74) is 1.03. The van der Waals surface area contributed by atoms with Crippen LogP contribution in [0.1, 0.15) is 18.5 Å². The monoisotopic (exact) mass is 352 g/mol. The predicted molar refractivity (Wildman–Crippen MR) is 93.1 cm³/mol. The van der Waals surface area contributed by atoms with Crippen LogP contribution in [0.15, 0.2) is 28.6 Å². The first-order valence-electron chi connectivity index (χ1n) is 7.62. The summed E-state index contributed by atoms with van der Waals surface area (Å²) in [6, 6.07) is 3.20. The molecule has 1 aliphatic heterocycles. The molecular weight excluding hydrogens is 332 g/mol. The van der Waals surface area contributed by atoms with Crippen LogP contribution in [0.2, 0.25) is 0 Å². The number of anilines is 2. The minimum atomic E-state index is -3.28. The fourth-order valence-corrected chi connectivity index (χ4v) is 4.31. The van der Waals surface area contributed by atoms with E-state index in [1.165, 1.54) is 19.1 Å². The first-order chi connectivity index (χ1) is 11.0. The Morgan fingerprint density at radius 3 is 2.87 bits per heavy atom. The summed E-state index contributed by atoms with van der Waals surface area (Å²) in [5.74, 6) is 0.407. The molecule has 2 aromatic heterocycles. The molecule has 0 saturated carbocycles. The maximum atomic E-state index is 11.7. The van der Waals surface area contributed by atoms with E-state index in [2.05, 4.69) is 25.6 Å². The topological polar surface area (TPSA) is 75.2 Å². The summed E-state index contributed by atoms with van der Waals surface area (Å²) in [4.78, 5) is 11.3. The van der Waals surface area contributed by atoms with Crippen molar-refractivity contribution in [3.05, 3.63) is 29.4 Å². The standard InChI is InChI=1S/C15H20N4O2S2/c1-23(20,21)13-5-4-7-16-14(13)17-8-6-12-11-22-15(18-12)19-9-2-3-10-19/h4-5,7,11H,2-3,6,8-10H2,1H3,(H,16,17). The average Bonchev–Trinajstić information content (AvgIpc) is 3.17. The van der Waals surface area contributed by atoms with E-state index in [4.69, 9.17) is 0 Å². The Labute approximate surface area is 140 Å². The van der Waals surface area contributed by atoms with Crippen LogP contribution in [0.25, 0.3) is 0 Å². The van der Waals surface area contributed by atoms with E-state index < -0.39 is 9.84 Å². The second kappa shape index (κ2) is 6.84. The van der Waals surface area contributed by atoms with Crippen LogP contribution in [0.3, 0.4) is 0 Å². The van der Waals surface area contributed by atoms with Crippen LogP contribution < -0.4 is 10.2 Å². The molecule has 6 nitrogen and oxygen atoms in total. The summed E-state index contributed by atoms with van der Waals surface area (Å²) >= 11 is 1.68. The molecule has 0 atom stereocenters. The van der Waals surface area contributed by atoms with Crippen molar-refractivity contribution in [3.63, 3.8) is 0 Å². The Morgan fingerprint density at radius 2 is 2.13 bits per heavy atom. The van der Waals surface area contributed by atoms with Gasteiger partial charge in [-0.2, -0.15) is 0 Å². The molecule has 3 heterocycles. The fourth-order valence-electron chi connectivity index (χ4n) is 2.60. The smallest absolute Gasteiger partial charge is 0.185 e. The van der Waals surface area contributed by atoms with Crippen molar-refractivity contribution in [2.24, 2.45) is 0 Å². The zero-order valence-electron chi connectivity index (χ0n) is 13.0. The second-order valence-electron chi connectivity index (χ2n) is 5.61. The number of rotatable bonds is 6. The predicted octanol–water partition coefficient (Wildman–Crippen LogP) is 2.20. The Morgan fingerprint density at radius 1 is 1.35 bits per heavy atom. The number of nitrogens with one attached hydrogen (secondary N) is 1. The normalized spacial score (nSPS) is 15.1. The Hall–Kier alpha value is -1.67. The van der Waals surface area contributed by atoms with E-state index in [0.29, 0.717) is 12.4 Å². The lowest BCUT2D eigenvalue weighted by Crippen LogP contribution is -2.17. The molecule has 0 aromatic carbocycles. The molecule has 3 rings (SSSR count). The number of aromatic nitrogens is 2. The molecular formula is C15H20N4O2S2. The molecule has 1 fully saturated rings. The van der Waals surface area contributed by atoms with Crippen molar-refractivity contribution in [3.8, 4) is 0 Å². The lowest BCUT2D eigenvalue weighted by molar-refractivity contribution is 0.602. The van der Waals surface area contributed by atoms with Crippen molar-refractivity contribution in [2.75, 3.05) is 36.1 Å². The minimum absolute atomic E-state index is 0.232. The molecule has 0 spiro atoms. The van der Waals surface area contributed by atoms with Crippen molar-refractivity contribution in [1.29, 1.82) is 0 Å². The molecule has 0 radical (unpaired) electrons. The molecule has 0 aliphatic carbocycles. The van der Waals surface area contributed by atoms with Gasteiger partial charge in [0, 0.05) is 43.9 Å². The third kappa shape index (κ3) is 4.00. The van der Waals surface area contributed by atoms with Gasteiger partial charge in [-0.15, -0.1) is 11.3 Å². The largest absolute Gasteiger partial charge is 0.369 e. The van der Waals surface area contributed by atoms with Crippen LogP contribution in [0.5, 0.6) is 0 Å². The molecule has 0 unspecified atom stereocenters. The number of hydrogen-bond donors (Lipinski definition) is 1. The van der Waals surface area contributed by atoms with Gasteiger partial charge in [0.2, 0.25) is 0 Å². The molecule has 1 saturated heterocycles. The minimum Gasteiger partial charge on any atom is -0.369 e. The molecule has 124 valence electrons.